The predicted octanol–water partition coefficient (Wildman–Crippen LogP) is 13.9. The molecule has 0 aliphatic rings. The number of fused-ring (bicyclic) bond motifs is 4. The first kappa shape index (κ1) is 41.9. The number of imidazole rings is 1. The molecule has 0 saturated carbocycles. The number of para-hydroxylation sites is 3. The van der Waals surface area contributed by atoms with Gasteiger partial charge in [0.2, 0.25) is 0 Å². The minimum absolute atomic E-state index is 0. The summed E-state index contributed by atoms with van der Waals surface area (Å²) in [7, 11) is -1.35. The van der Waals surface area contributed by atoms with Gasteiger partial charge in [0.25, 0.3) is 0 Å². The quantitative estimate of drug-likeness (QED) is 0.113. The minimum atomic E-state index is -1.35. The van der Waals surface area contributed by atoms with Crippen molar-refractivity contribution in [1.82, 2.24) is 19.5 Å². The molecule has 0 aliphatic carbocycles. The van der Waals surface area contributed by atoms with E-state index < -0.39 is 8.07 Å². The van der Waals surface area contributed by atoms with Gasteiger partial charge < -0.3 is 9.55 Å². The number of rotatable bonds is 8. The van der Waals surface area contributed by atoms with E-state index in [1.165, 1.54) is 53.2 Å². The molecule has 0 saturated heterocycles. The fraction of sp³-hybridized carbons (Fsp3) is 0.130. The van der Waals surface area contributed by atoms with Crippen LogP contribution in [0.5, 0.6) is 0 Å². The normalized spacial score (nSPS) is 11.4. The molecular weight excluding hydrogens is 957 g/mol. The number of aromatic nitrogens is 4. The Balaban J connectivity index is 0.000000208. The molecule has 61 heavy (non-hydrogen) atoms. The Morgan fingerprint density at radius 3 is 2.16 bits per heavy atom. The van der Waals surface area contributed by atoms with Crippen LogP contribution in [-0.4, -0.2) is 27.6 Å². The molecule has 0 bridgehead atoms. The Morgan fingerprint density at radius 1 is 0.705 bits per heavy atom. The maximum Gasteiger partial charge on any atom is 0.0798 e. The second-order valence-corrected chi connectivity index (χ2v) is 22.7. The molecular formula is C54H46IrN4SSi-2. The van der Waals surface area contributed by atoms with Gasteiger partial charge in [-0.1, -0.05) is 159 Å². The van der Waals surface area contributed by atoms with Crippen molar-refractivity contribution in [2.24, 2.45) is 5.92 Å². The van der Waals surface area contributed by atoms with Crippen molar-refractivity contribution in [2.75, 3.05) is 0 Å². The zero-order chi connectivity index (χ0) is 41.2. The van der Waals surface area contributed by atoms with E-state index in [1.807, 2.05) is 23.5 Å². The van der Waals surface area contributed by atoms with Gasteiger partial charge in [0.1, 0.15) is 0 Å². The summed E-state index contributed by atoms with van der Waals surface area (Å²) < 4.78 is 4.78. The third-order valence-electron chi connectivity index (χ3n) is 10.9. The van der Waals surface area contributed by atoms with E-state index in [9.17, 15) is 0 Å². The van der Waals surface area contributed by atoms with Crippen molar-refractivity contribution in [3.8, 4) is 50.6 Å². The molecule has 0 amide bonds. The Bertz CT molecular complexity index is 3080. The SMILES string of the molecule is CC(C)Cc1cc(-c2[c-]cncc2)ncc1[Si](C)(C)C.[Ir].[c-]1ccc2c(sc3cc(-c4ccccc4)ccc32)c1-c1nc2ccccc2n1-c1ccccc1-c1ccccc1. The largest absolute Gasteiger partial charge is 0.333 e. The average Bonchev–Trinajstić information content (AvgIpc) is 3.85. The minimum Gasteiger partial charge on any atom is -0.333 e. The molecule has 4 nitrogen and oxygen atoms in total. The van der Waals surface area contributed by atoms with E-state index in [-0.39, 0.29) is 20.1 Å². The van der Waals surface area contributed by atoms with Gasteiger partial charge >= 0.3 is 0 Å². The number of nitrogens with zero attached hydrogens (tertiary/aromatic N) is 4. The standard InChI is InChI=1S/C37H23N2S.C17H23N2Si.Ir/c1-3-12-25(13-4-1)27-22-23-29-30-17-11-18-31(36(30)40-35(29)24-27)37-38-32-19-8-10-21-34(32)39(37)33-20-9-7-16-28(33)26-14-5-2-6-15-26;1-13(2)10-15-11-16(14-6-8-18-9-7-14)19-12-17(15)20(3,4)5;/h1-17,19-24H;6,8-9,11-13H,10H2,1-5H3;/q2*-1;. The molecule has 4 aromatic heterocycles. The Hall–Kier alpha value is -5.82. The molecule has 10 aromatic rings. The number of pyridine rings is 2. The summed E-state index contributed by atoms with van der Waals surface area (Å²) in [5.41, 5.74) is 12.5. The van der Waals surface area contributed by atoms with Gasteiger partial charge in [-0.25, -0.2) is 0 Å². The van der Waals surface area contributed by atoms with Crippen molar-refractivity contribution in [1.29, 1.82) is 0 Å². The average molecular weight is 1000 g/mol. The predicted molar refractivity (Wildman–Crippen MR) is 257 cm³/mol. The molecule has 0 spiro atoms. The zero-order valence-corrected chi connectivity index (χ0v) is 39.2. The van der Waals surface area contributed by atoms with E-state index in [4.69, 9.17) is 4.98 Å². The van der Waals surface area contributed by atoms with Crippen LogP contribution in [0.15, 0.2) is 170 Å². The molecule has 6 aromatic carbocycles. The molecule has 0 N–H and O–H groups in total. The summed E-state index contributed by atoms with van der Waals surface area (Å²) in [5.74, 6) is 1.56. The van der Waals surface area contributed by atoms with Crippen molar-refractivity contribution < 1.29 is 20.1 Å². The summed E-state index contributed by atoms with van der Waals surface area (Å²) in [6.45, 7) is 11.7. The summed E-state index contributed by atoms with van der Waals surface area (Å²) in [6.07, 6.45) is 6.70. The van der Waals surface area contributed by atoms with Gasteiger partial charge in [0.15, 0.2) is 0 Å². The second kappa shape index (κ2) is 18.0. The van der Waals surface area contributed by atoms with Crippen LogP contribution in [0.25, 0.3) is 81.8 Å². The summed E-state index contributed by atoms with van der Waals surface area (Å²) in [5, 5.41) is 3.98. The van der Waals surface area contributed by atoms with E-state index in [0.717, 1.165) is 45.8 Å². The molecule has 303 valence electrons. The van der Waals surface area contributed by atoms with Crippen LogP contribution in [0.1, 0.15) is 19.4 Å². The first-order valence-corrected chi connectivity index (χ1v) is 24.9. The van der Waals surface area contributed by atoms with Crippen molar-refractivity contribution in [2.45, 2.75) is 39.9 Å². The zero-order valence-electron chi connectivity index (χ0n) is 35.0. The van der Waals surface area contributed by atoms with E-state index in [1.54, 1.807) is 12.4 Å². The van der Waals surface area contributed by atoms with Gasteiger partial charge in [0.05, 0.1) is 24.9 Å². The monoisotopic (exact) mass is 1000 g/mol. The molecule has 10 rings (SSSR count). The molecule has 0 aliphatic heterocycles. The van der Waals surface area contributed by atoms with E-state index >= 15 is 0 Å². The van der Waals surface area contributed by atoms with Gasteiger partial charge in [-0.2, -0.15) is 23.0 Å². The van der Waals surface area contributed by atoms with Gasteiger partial charge in [-0.15, -0.1) is 24.3 Å². The third-order valence-corrected chi connectivity index (χ3v) is 14.1. The van der Waals surface area contributed by atoms with Crippen LogP contribution in [0, 0.1) is 18.1 Å². The Morgan fingerprint density at radius 2 is 1.43 bits per heavy atom. The number of hydrogen-bond acceptors (Lipinski definition) is 4. The molecule has 0 atom stereocenters. The first-order chi connectivity index (χ1) is 29.2. The van der Waals surface area contributed by atoms with Gasteiger partial charge in [0, 0.05) is 42.3 Å². The van der Waals surface area contributed by atoms with Crippen LogP contribution >= 0.6 is 11.3 Å². The Labute approximate surface area is 377 Å². The molecule has 0 fully saturated rings. The van der Waals surface area contributed by atoms with Crippen LogP contribution in [-0.2, 0) is 26.5 Å². The summed E-state index contributed by atoms with van der Waals surface area (Å²) in [4.78, 5) is 13.9. The molecule has 7 heteroatoms. The van der Waals surface area contributed by atoms with E-state index in [0.29, 0.717) is 5.92 Å². The van der Waals surface area contributed by atoms with Crippen molar-refractivity contribution >= 4 is 55.8 Å². The second-order valence-electron chi connectivity index (χ2n) is 16.6. The maximum atomic E-state index is 5.22. The summed E-state index contributed by atoms with van der Waals surface area (Å²) >= 11 is 1.82. The number of benzene rings is 6. The Kier molecular flexibility index (Phi) is 12.4. The third kappa shape index (κ3) is 8.70. The summed E-state index contributed by atoms with van der Waals surface area (Å²) in [6, 6.07) is 60.1. The number of hydrogen-bond donors (Lipinski definition) is 0. The van der Waals surface area contributed by atoms with Crippen LogP contribution in [0.3, 0.4) is 0 Å². The molecule has 0 unspecified atom stereocenters. The molecule has 4 heterocycles. The van der Waals surface area contributed by atoms with Gasteiger partial charge in [-0.3, -0.25) is 9.97 Å². The fourth-order valence-corrected chi connectivity index (χ4v) is 10.9. The first-order valence-electron chi connectivity index (χ1n) is 20.6. The van der Waals surface area contributed by atoms with Gasteiger partial charge in [-0.05, 0) is 86.7 Å². The van der Waals surface area contributed by atoms with Crippen molar-refractivity contribution in [3.63, 3.8) is 0 Å². The van der Waals surface area contributed by atoms with Crippen LogP contribution in [0.4, 0.5) is 0 Å². The molecule has 1 radical (unpaired) electrons. The number of thiophene rings is 1. The van der Waals surface area contributed by atoms with Crippen molar-refractivity contribution in [3.05, 3.63) is 188 Å². The maximum absolute atomic E-state index is 5.22. The van der Waals surface area contributed by atoms with Crippen LogP contribution in [0.2, 0.25) is 19.6 Å². The smallest absolute Gasteiger partial charge is 0.0798 e. The van der Waals surface area contributed by atoms with E-state index in [2.05, 4.69) is 206 Å². The van der Waals surface area contributed by atoms with Crippen LogP contribution < -0.4 is 5.19 Å². The topological polar surface area (TPSA) is 43.6 Å². The fourth-order valence-electron chi connectivity index (χ4n) is 8.09.